The van der Waals surface area contributed by atoms with Gasteiger partial charge in [-0.1, -0.05) is 44.2 Å². The third-order valence-corrected chi connectivity index (χ3v) is 14.0. The Hall–Kier alpha value is -9.21. The summed E-state index contributed by atoms with van der Waals surface area (Å²) in [6, 6.07) is -12.9. The number of primary amides is 4. The molecule has 0 heterocycles. The monoisotopic (exact) mass is 1360 g/mol. The number of nitrogens with one attached hydrogen (secondary N) is 11. The van der Waals surface area contributed by atoms with Crippen LogP contribution in [0.15, 0.2) is 30.3 Å². The molecule has 0 unspecified atom stereocenters. The van der Waals surface area contributed by atoms with Crippen molar-refractivity contribution in [2.45, 2.75) is 171 Å². The smallest absolute Gasteiger partial charge is 0.326 e. The van der Waals surface area contributed by atoms with Gasteiger partial charge in [0, 0.05) is 24.3 Å². The number of carboxylic acid groups (broad SMARTS) is 2. The lowest BCUT2D eigenvalue weighted by atomic mass is 10.0. The van der Waals surface area contributed by atoms with Gasteiger partial charge in [-0.05, 0) is 57.6 Å². The van der Waals surface area contributed by atoms with Crippen LogP contribution in [0.3, 0.4) is 0 Å². The lowest BCUT2D eigenvalue weighted by Gasteiger charge is -2.29. The molecular formula is C54H85N17O20S2. The molecule has 0 aliphatic rings. The van der Waals surface area contributed by atoms with Crippen LogP contribution < -0.4 is 92.9 Å². The molecule has 0 aromatic heterocycles. The number of nitrogens with two attached hydrogens (primary N) is 6. The van der Waals surface area contributed by atoms with Crippen molar-refractivity contribution in [1.29, 1.82) is 0 Å². The SMILES string of the molecule is CC(C)[C@H](NC(=O)[C@H](CC(=O)O)NC(=O)[C@H](CC(N)=O)NC(=O)[C@H](CC(N)=O)NC(=O)[C@H](Cc1ccccc1)NC(=O)[C@H](CCC(N)=O)NC(=O)[C@H](CCCCN)NC(=O)[C@H](CS)NC(=O)[C@H](C)N)C(=O)N[C@H](C(=O)N[C@@H](CS)C(=O)N[C@@H](CC(N)=O)C(=O)O)[C@@H](C)O. The third-order valence-electron chi connectivity index (χ3n) is 13.3. The molecule has 0 aliphatic heterocycles. The first-order chi connectivity index (χ1) is 43.5. The van der Waals surface area contributed by atoms with E-state index in [9.17, 15) is 96.8 Å². The summed E-state index contributed by atoms with van der Waals surface area (Å²) < 4.78 is 0. The number of amides is 15. The van der Waals surface area contributed by atoms with Gasteiger partial charge in [0.05, 0.1) is 37.8 Å². The largest absolute Gasteiger partial charge is 0.481 e. The first kappa shape index (κ1) is 81.8. The quantitative estimate of drug-likeness (QED) is 0.0213. The van der Waals surface area contributed by atoms with E-state index in [0.717, 1.165) is 6.92 Å². The van der Waals surface area contributed by atoms with Crippen LogP contribution in [0.1, 0.15) is 91.0 Å². The van der Waals surface area contributed by atoms with E-state index in [1.807, 2.05) is 10.6 Å². The van der Waals surface area contributed by atoms with Gasteiger partial charge in [0.2, 0.25) is 88.6 Å². The van der Waals surface area contributed by atoms with Gasteiger partial charge < -0.3 is 108 Å². The first-order valence-electron chi connectivity index (χ1n) is 28.8. The van der Waals surface area contributed by atoms with E-state index in [1.165, 1.54) is 32.9 Å². The second kappa shape index (κ2) is 41.3. The van der Waals surface area contributed by atoms with Crippen LogP contribution in [-0.2, 0) is 87.9 Å². The molecule has 0 bridgehead atoms. The molecule has 39 heteroatoms. The molecule has 26 N–H and O–H groups in total. The van der Waals surface area contributed by atoms with Crippen LogP contribution in [0.4, 0.5) is 0 Å². The lowest BCUT2D eigenvalue weighted by molar-refractivity contribution is -0.144. The van der Waals surface area contributed by atoms with Gasteiger partial charge >= 0.3 is 11.9 Å². The molecule has 0 aliphatic carbocycles. The Morgan fingerprint density at radius 3 is 1.18 bits per heavy atom. The number of aliphatic hydroxyl groups excluding tert-OH is 1. The number of carbonyl (C=O) groups is 17. The highest BCUT2D eigenvalue weighted by atomic mass is 32.1. The number of unbranched alkanes of at least 4 members (excludes halogenated alkanes) is 1. The fraction of sp³-hybridized carbons (Fsp3) is 0.574. The Bertz CT molecular complexity index is 2850. The summed E-state index contributed by atoms with van der Waals surface area (Å²) in [7, 11) is 0. The van der Waals surface area contributed by atoms with Gasteiger partial charge in [0.25, 0.3) is 0 Å². The molecule has 37 nitrogen and oxygen atoms in total. The van der Waals surface area contributed by atoms with Crippen LogP contribution in [0.25, 0.3) is 0 Å². The van der Waals surface area contributed by atoms with Gasteiger partial charge in [-0.15, -0.1) is 0 Å². The highest BCUT2D eigenvalue weighted by Gasteiger charge is 2.39. The summed E-state index contributed by atoms with van der Waals surface area (Å²) in [6.45, 7) is 5.32. The highest BCUT2D eigenvalue weighted by molar-refractivity contribution is 7.80. The molecule has 1 aromatic rings. The Labute approximate surface area is 543 Å². The van der Waals surface area contributed by atoms with Gasteiger partial charge in [-0.3, -0.25) is 76.7 Å². The number of benzene rings is 1. The summed E-state index contributed by atoms with van der Waals surface area (Å²) in [5, 5.41) is 54.5. The van der Waals surface area contributed by atoms with Crippen LogP contribution in [-0.4, -0.2) is 213 Å². The molecule has 1 rings (SSSR count). The van der Waals surface area contributed by atoms with Crippen molar-refractivity contribution >= 4 is 126 Å². The molecule has 93 heavy (non-hydrogen) atoms. The minimum absolute atomic E-state index is 0.0600. The Kier molecular flexibility index (Phi) is 36.3. The van der Waals surface area contributed by atoms with Crippen molar-refractivity contribution in [3.63, 3.8) is 0 Å². The predicted molar refractivity (Wildman–Crippen MR) is 332 cm³/mol. The van der Waals surface area contributed by atoms with E-state index in [1.54, 1.807) is 18.2 Å². The number of aliphatic carboxylic acids is 2. The summed E-state index contributed by atoms with van der Waals surface area (Å²) in [6.07, 6.45) is -6.83. The number of carboxylic acids is 2. The second-order valence-corrected chi connectivity index (χ2v) is 22.3. The predicted octanol–water partition coefficient (Wildman–Crippen LogP) is -9.61. The summed E-state index contributed by atoms with van der Waals surface area (Å²) in [5.41, 5.74) is 33.0. The zero-order valence-electron chi connectivity index (χ0n) is 51.3. The molecular weight excluding hydrogens is 1270 g/mol. The van der Waals surface area contributed by atoms with E-state index >= 15 is 0 Å². The van der Waals surface area contributed by atoms with Crippen molar-refractivity contribution < 1.29 is 96.8 Å². The average Bonchev–Trinajstić information content (AvgIpc) is 1.12. The van der Waals surface area contributed by atoms with E-state index in [2.05, 4.69) is 73.1 Å². The molecule has 13 atom stereocenters. The van der Waals surface area contributed by atoms with Crippen LogP contribution in [0.2, 0.25) is 0 Å². The normalized spacial score (nSPS) is 15.2. The van der Waals surface area contributed by atoms with E-state index in [4.69, 9.17) is 34.4 Å². The van der Waals surface area contributed by atoms with Crippen molar-refractivity contribution in [2.75, 3.05) is 18.1 Å². The summed E-state index contributed by atoms with van der Waals surface area (Å²) >= 11 is 8.10. The van der Waals surface area contributed by atoms with Crippen LogP contribution in [0, 0.1) is 5.92 Å². The maximum absolute atomic E-state index is 14.4. The molecule has 518 valence electrons. The number of thiol groups is 2. The Morgan fingerprint density at radius 1 is 0.419 bits per heavy atom. The van der Waals surface area contributed by atoms with Gasteiger partial charge in [-0.25, -0.2) is 4.79 Å². The molecule has 0 saturated carbocycles. The maximum Gasteiger partial charge on any atom is 0.326 e. The summed E-state index contributed by atoms with van der Waals surface area (Å²) in [5.74, 6) is -22.5. The number of hydrogen-bond acceptors (Lipinski definition) is 22. The molecule has 0 spiro atoms. The van der Waals surface area contributed by atoms with Gasteiger partial charge in [0.1, 0.15) is 66.5 Å². The molecule has 15 amide bonds. The zero-order chi connectivity index (χ0) is 71.0. The van der Waals surface area contributed by atoms with Gasteiger partial charge in [0.15, 0.2) is 0 Å². The molecule has 0 fully saturated rings. The first-order valence-corrected chi connectivity index (χ1v) is 30.0. The Morgan fingerprint density at radius 2 is 0.774 bits per heavy atom. The van der Waals surface area contributed by atoms with E-state index in [-0.39, 0.29) is 31.6 Å². The van der Waals surface area contributed by atoms with E-state index in [0.29, 0.717) is 12.0 Å². The van der Waals surface area contributed by atoms with Crippen molar-refractivity contribution in [1.82, 2.24) is 58.5 Å². The number of carbonyl (C=O) groups excluding carboxylic acids is 15. The van der Waals surface area contributed by atoms with Crippen molar-refractivity contribution in [3.05, 3.63) is 35.9 Å². The fourth-order valence-electron chi connectivity index (χ4n) is 8.28. The number of hydrogen-bond donors (Lipinski definition) is 22. The van der Waals surface area contributed by atoms with Crippen molar-refractivity contribution in [3.8, 4) is 0 Å². The highest BCUT2D eigenvalue weighted by Crippen LogP contribution is 2.12. The molecule has 0 radical (unpaired) electrons. The van der Waals surface area contributed by atoms with Crippen LogP contribution >= 0.6 is 25.3 Å². The minimum atomic E-state index is -2.17. The number of aliphatic hydroxyl groups is 1. The fourth-order valence-corrected chi connectivity index (χ4v) is 8.79. The van der Waals surface area contributed by atoms with Crippen molar-refractivity contribution in [2.24, 2.45) is 40.3 Å². The number of rotatable bonds is 44. The molecule has 0 saturated heterocycles. The third kappa shape index (κ3) is 30.6. The average molecular weight is 1360 g/mol. The topological polar surface area (TPSA) is 639 Å². The maximum atomic E-state index is 14.4. The minimum Gasteiger partial charge on any atom is -0.481 e. The summed E-state index contributed by atoms with van der Waals surface area (Å²) in [4.78, 5) is 222. The lowest BCUT2D eigenvalue weighted by Crippen LogP contribution is -2.63. The zero-order valence-corrected chi connectivity index (χ0v) is 53.1. The second-order valence-electron chi connectivity index (χ2n) is 21.6. The standard InChI is InChI=1S/C54H85N17O20S2/c1-23(2)41(52(88)71-42(25(4)72)53(89)69-35(22-93)51(87)67-33(54(90)91)19-39(60)76)70-49(85)32(20-40(77)78)66-48(84)31(18-38(59)75)65-47(83)30(17-37(58)74)64-46(82)29(16-26-10-6-5-7-11-26)63-45(81)28(13-14-36(57)73)62-44(80)27(12-8-9-15-55)61-50(86)34(21-92)68-43(79)24(3)56/h5-7,10-11,23-25,27-35,41-42,72,92-93H,8-9,12-22,55-56H2,1-4H3,(H2,57,73)(H2,58,74)(H2,59,75)(H2,60,76)(H,61,86)(H,62,80)(H,63,81)(H,64,82)(H,65,83)(H,66,84)(H,67,87)(H,68,79)(H,69,89)(H,70,85)(H,71,88)(H,77,78)(H,90,91)/t24-,25+,27-,28-,29-,30-,31-,32-,33-,34-,35-,41-,42-/m0/s1. The van der Waals surface area contributed by atoms with E-state index < -0.39 is 229 Å². The Balaban J connectivity index is 3.64. The van der Waals surface area contributed by atoms with Gasteiger partial charge in [-0.2, -0.15) is 25.3 Å². The molecule has 1 aromatic carbocycles. The van der Waals surface area contributed by atoms with Crippen LogP contribution in [0.5, 0.6) is 0 Å².